The van der Waals surface area contributed by atoms with Gasteiger partial charge in [0.1, 0.15) is 0 Å². The normalized spacial score (nSPS) is 12.3. The van der Waals surface area contributed by atoms with Crippen LogP contribution in [0.3, 0.4) is 0 Å². The molecule has 18 heavy (non-hydrogen) atoms. The lowest BCUT2D eigenvalue weighted by Gasteiger charge is -2.25. The molecule has 0 heterocycles. The van der Waals surface area contributed by atoms with E-state index in [1.54, 1.807) is 25.3 Å². The number of anilines is 1. The fourth-order valence-electron chi connectivity index (χ4n) is 1.65. The predicted molar refractivity (Wildman–Crippen MR) is 71.8 cm³/mol. The van der Waals surface area contributed by atoms with Crippen LogP contribution < -0.4 is 5.73 Å². The zero-order chi connectivity index (χ0) is 13.8. The van der Waals surface area contributed by atoms with Crippen LogP contribution in [0.5, 0.6) is 0 Å². The molecule has 0 spiro atoms. The maximum Gasteiger partial charge on any atom is 0.243 e. The fraction of sp³-hybridized carbons (Fsp3) is 0.500. The molecule has 0 unspecified atom stereocenters. The van der Waals surface area contributed by atoms with Gasteiger partial charge in [-0.05, 0) is 32.0 Å². The number of sulfonamides is 1. The second-order valence-electron chi connectivity index (χ2n) is 4.27. The van der Waals surface area contributed by atoms with Gasteiger partial charge in [-0.2, -0.15) is 4.31 Å². The third-order valence-corrected chi connectivity index (χ3v) is 4.63. The van der Waals surface area contributed by atoms with Crippen LogP contribution in [0.2, 0.25) is 0 Å². The first kappa shape index (κ1) is 14.9. The van der Waals surface area contributed by atoms with Gasteiger partial charge in [0.05, 0.1) is 11.5 Å². The monoisotopic (exact) mass is 272 g/mol. The van der Waals surface area contributed by atoms with Gasteiger partial charge in [0, 0.05) is 25.4 Å². The van der Waals surface area contributed by atoms with E-state index in [4.69, 9.17) is 10.5 Å². The number of nitrogens with two attached hydrogens (primary N) is 1. The number of nitrogen functional groups attached to an aromatic ring is 1. The summed E-state index contributed by atoms with van der Waals surface area (Å²) in [5, 5.41) is 0. The SMILES string of the molecule is COCCN(C(C)C)S(=O)(=O)c1cccc(N)c1. The quantitative estimate of drug-likeness (QED) is 0.793. The van der Waals surface area contributed by atoms with E-state index in [1.807, 2.05) is 13.8 Å². The number of hydrogen-bond acceptors (Lipinski definition) is 4. The Morgan fingerprint density at radius 2 is 2.06 bits per heavy atom. The Kier molecular flexibility index (Phi) is 5.13. The Hall–Kier alpha value is -1.11. The van der Waals surface area contributed by atoms with Crippen LogP contribution in [0.15, 0.2) is 29.2 Å². The number of benzene rings is 1. The fourth-order valence-corrected chi connectivity index (χ4v) is 3.32. The molecule has 6 heteroatoms. The van der Waals surface area contributed by atoms with Gasteiger partial charge < -0.3 is 10.5 Å². The van der Waals surface area contributed by atoms with Gasteiger partial charge in [-0.3, -0.25) is 0 Å². The highest BCUT2D eigenvalue weighted by Crippen LogP contribution is 2.19. The number of methoxy groups -OCH3 is 1. The molecule has 0 radical (unpaired) electrons. The average molecular weight is 272 g/mol. The van der Waals surface area contributed by atoms with Gasteiger partial charge in [0.2, 0.25) is 10.0 Å². The van der Waals surface area contributed by atoms with Gasteiger partial charge in [-0.25, -0.2) is 8.42 Å². The lowest BCUT2D eigenvalue weighted by molar-refractivity contribution is 0.171. The van der Waals surface area contributed by atoms with Crippen molar-refractivity contribution >= 4 is 15.7 Å². The van der Waals surface area contributed by atoms with E-state index in [2.05, 4.69) is 0 Å². The van der Waals surface area contributed by atoms with Gasteiger partial charge >= 0.3 is 0 Å². The highest BCUT2D eigenvalue weighted by atomic mass is 32.2. The van der Waals surface area contributed by atoms with E-state index in [0.29, 0.717) is 18.8 Å². The first-order chi connectivity index (χ1) is 8.39. The Morgan fingerprint density at radius 3 is 2.56 bits per heavy atom. The van der Waals surface area contributed by atoms with Crippen molar-refractivity contribution in [1.29, 1.82) is 0 Å². The van der Waals surface area contributed by atoms with Crippen LogP contribution in [0.1, 0.15) is 13.8 Å². The van der Waals surface area contributed by atoms with Crippen molar-refractivity contribution < 1.29 is 13.2 Å². The minimum Gasteiger partial charge on any atom is -0.399 e. The Labute approximate surface area is 109 Å². The summed E-state index contributed by atoms with van der Waals surface area (Å²) in [6.45, 7) is 4.35. The maximum absolute atomic E-state index is 12.4. The summed E-state index contributed by atoms with van der Waals surface area (Å²) in [5.74, 6) is 0. The van der Waals surface area contributed by atoms with E-state index in [9.17, 15) is 8.42 Å². The van der Waals surface area contributed by atoms with Crippen LogP contribution in [-0.4, -0.2) is 39.0 Å². The lowest BCUT2D eigenvalue weighted by Crippen LogP contribution is -2.39. The van der Waals surface area contributed by atoms with Crippen LogP contribution >= 0.6 is 0 Å². The molecule has 0 aliphatic carbocycles. The van der Waals surface area contributed by atoms with Crippen molar-refractivity contribution in [3.8, 4) is 0 Å². The van der Waals surface area contributed by atoms with Crippen LogP contribution in [0.25, 0.3) is 0 Å². The van der Waals surface area contributed by atoms with Gasteiger partial charge in [-0.15, -0.1) is 0 Å². The molecule has 1 rings (SSSR count). The zero-order valence-corrected chi connectivity index (χ0v) is 11.8. The molecule has 1 aromatic carbocycles. The first-order valence-electron chi connectivity index (χ1n) is 5.76. The van der Waals surface area contributed by atoms with Crippen molar-refractivity contribution in [3.05, 3.63) is 24.3 Å². The number of hydrogen-bond donors (Lipinski definition) is 1. The standard InChI is InChI=1S/C12H20N2O3S/c1-10(2)14(7-8-17-3)18(15,16)12-6-4-5-11(13)9-12/h4-6,9-10H,7-8,13H2,1-3H3. The van der Waals surface area contributed by atoms with E-state index in [1.165, 1.54) is 10.4 Å². The highest BCUT2D eigenvalue weighted by molar-refractivity contribution is 7.89. The van der Waals surface area contributed by atoms with Gasteiger partial charge in [0.25, 0.3) is 0 Å². The van der Waals surface area contributed by atoms with Crippen molar-refractivity contribution in [1.82, 2.24) is 4.31 Å². The molecule has 0 bridgehead atoms. The molecule has 0 fully saturated rings. The third-order valence-electron chi connectivity index (χ3n) is 2.56. The molecule has 5 nitrogen and oxygen atoms in total. The van der Waals surface area contributed by atoms with Crippen molar-refractivity contribution in [2.75, 3.05) is 26.0 Å². The minimum atomic E-state index is -3.52. The Morgan fingerprint density at radius 1 is 1.39 bits per heavy atom. The van der Waals surface area contributed by atoms with Crippen LogP contribution in [-0.2, 0) is 14.8 Å². The van der Waals surface area contributed by atoms with Crippen molar-refractivity contribution in [2.24, 2.45) is 0 Å². The second kappa shape index (κ2) is 6.17. The molecule has 102 valence electrons. The summed E-state index contributed by atoms with van der Waals surface area (Å²) in [4.78, 5) is 0.215. The highest BCUT2D eigenvalue weighted by Gasteiger charge is 2.26. The average Bonchev–Trinajstić information content (AvgIpc) is 2.28. The summed E-state index contributed by atoms with van der Waals surface area (Å²) < 4.78 is 31.2. The summed E-state index contributed by atoms with van der Waals surface area (Å²) in [6.07, 6.45) is 0. The smallest absolute Gasteiger partial charge is 0.243 e. The van der Waals surface area contributed by atoms with Crippen molar-refractivity contribution in [2.45, 2.75) is 24.8 Å². The summed E-state index contributed by atoms with van der Waals surface area (Å²) in [6, 6.07) is 6.18. The minimum absolute atomic E-state index is 0.133. The molecule has 1 aromatic rings. The third kappa shape index (κ3) is 3.44. The molecule has 0 aromatic heterocycles. The number of nitrogens with zero attached hydrogens (tertiary/aromatic N) is 1. The van der Waals surface area contributed by atoms with E-state index >= 15 is 0 Å². The number of rotatable bonds is 6. The predicted octanol–water partition coefficient (Wildman–Crippen LogP) is 1.31. The largest absolute Gasteiger partial charge is 0.399 e. The molecule has 2 N–H and O–H groups in total. The summed E-state index contributed by atoms with van der Waals surface area (Å²) in [5.41, 5.74) is 6.06. The molecule has 0 amide bonds. The lowest BCUT2D eigenvalue weighted by atomic mass is 10.3. The number of ether oxygens (including phenoxy) is 1. The summed E-state index contributed by atoms with van der Waals surface area (Å²) in [7, 11) is -1.97. The molecular formula is C12H20N2O3S. The van der Waals surface area contributed by atoms with E-state index in [0.717, 1.165) is 0 Å². The van der Waals surface area contributed by atoms with Crippen LogP contribution in [0, 0.1) is 0 Å². The van der Waals surface area contributed by atoms with E-state index in [-0.39, 0.29) is 10.9 Å². The summed E-state index contributed by atoms with van der Waals surface area (Å²) >= 11 is 0. The van der Waals surface area contributed by atoms with E-state index < -0.39 is 10.0 Å². The topological polar surface area (TPSA) is 72.6 Å². The Balaban J connectivity index is 3.09. The maximum atomic E-state index is 12.4. The molecule has 0 saturated carbocycles. The molecule has 0 atom stereocenters. The molecule has 0 aliphatic heterocycles. The van der Waals surface area contributed by atoms with Gasteiger partial charge in [0.15, 0.2) is 0 Å². The second-order valence-corrected chi connectivity index (χ2v) is 6.17. The van der Waals surface area contributed by atoms with Crippen molar-refractivity contribution in [3.63, 3.8) is 0 Å². The molecule has 0 saturated heterocycles. The van der Waals surface area contributed by atoms with Gasteiger partial charge in [-0.1, -0.05) is 6.07 Å². The molecular weight excluding hydrogens is 252 g/mol. The van der Waals surface area contributed by atoms with Crippen LogP contribution in [0.4, 0.5) is 5.69 Å². The Bertz CT molecular complexity index is 486. The first-order valence-corrected chi connectivity index (χ1v) is 7.20. The zero-order valence-electron chi connectivity index (χ0n) is 11.0. The molecule has 0 aliphatic rings.